The van der Waals surface area contributed by atoms with Gasteiger partial charge in [0.1, 0.15) is 18.3 Å². The zero-order valence-corrected chi connectivity index (χ0v) is 23.7. The highest BCUT2D eigenvalue weighted by molar-refractivity contribution is 6.99. The summed E-state index contributed by atoms with van der Waals surface area (Å²) in [6, 6.07) is 20.9. The number of hydrogen-bond donors (Lipinski definition) is 0. The first-order chi connectivity index (χ1) is 17.3. The predicted molar refractivity (Wildman–Crippen MR) is 141 cm³/mol. The molecule has 0 bridgehead atoms. The van der Waals surface area contributed by atoms with Gasteiger partial charge < -0.3 is 28.1 Å². The average Bonchev–Trinajstić information content (AvgIpc) is 3.42. The van der Waals surface area contributed by atoms with Crippen molar-refractivity contribution in [2.75, 3.05) is 6.61 Å². The van der Waals surface area contributed by atoms with Crippen LogP contribution in [0.5, 0.6) is 0 Å². The van der Waals surface area contributed by atoms with E-state index in [0.717, 1.165) is 0 Å². The predicted octanol–water partition coefficient (Wildman–Crippen LogP) is 3.53. The number of carbonyl (C=O) groups is 1. The quantitative estimate of drug-likeness (QED) is 0.421. The van der Waals surface area contributed by atoms with Crippen LogP contribution in [0.25, 0.3) is 0 Å². The normalized spacial score (nSPS) is 30.8. The molecule has 7 nitrogen and oxygen atoms in total. The maximum atomic E-state index is 12.6. The average molecular weight is 527 g/mol. The van der Waals surface area contributed by atoms with Gasteiger partial charge in [-0.1, -0.05) is 81.4 Å². The van der Waals surface area contributed by atoms with E-state index in [1.165, 1.54) is 10.4 Å². The number of benzene rings is 2. The summed E-state index contributed by atoms with van der Waals surface area (Å²) in [5, 5.41) is 2.19. The van der Waals surface area contributed by atoms with Gasteiger partial charge in [0.2, 0.25) is 0 Å². The summed E-state index contributed by atoms with van der Waals surface area (Å²) in [6.45, 7) is 14.3. The molecule has 37 heavy (non-hydrogen) atoms. The van der Waals surface area contributed by atoms with Crippen molar-refractivity contribution in [3.05, 3.63) is 60.7 Å². The van der Waals surface area contributed by atoms with Gasteiger partial charge in [0.05, 0.1) is 6.61 Å². The summed E-state index contributed by atoms with van der Waals surface area (Å²) in [5.41, 5.74) is 0. The Labute approximate surface area is 220 Å². The lowest BCUT2D eigenvalue weighted by Crippen LogP contribution is -2.67. The fraction of sp³-hybridized carbons (Fsp3) is 0.552. The lowest BCUT2D eigenvalue weighted by molar-refractivity contribution is -0.201. The summed E-state index contributed by atoms with van der Waals surface area (Å²) in [4.78, 5) is 12.6. The van der Waals surface area contributed by atoms with Gasteiger partial charge in [-0.05, 0) is 43.1 Å². The summed E-state index contributed by atoms with van der Waals surface area (Å²) in [6.07, 6.45) is -3.04. The number of fused-ring (bicyclic) bond motifs is 1. The maximum absolute atomic E-state index is 12.6. The molecule has 0 unspecified atom stereocenters. The Hall–Kier alpha value is -2.07. The minimum absolute atomic E-state index is 0.183. The van der Waals surface area contributed by atoms with E-state index in [4.69, 9.17) is 28.1 Å². The SMILES string of the molecule is CC1(C)O[C@@H]([C@@H]2OC(=O)[C@@H]3OC(C)(C)O[C@H]23)[C@H](CO[Si](c2ccccc2)(c2ccccc2)C(C)(C)C)O1. The number of esters is 1. The van der Waals surface area contributed by atoms with Gasteiger partial charge in [-0.3, -0.25) is 0 Å². The second-order valence-corrected chi connectivity index (χ2v) is 16.3. The van der Waals surface area contributed by atoms with Crippen LogP contribution in [0.15, 0.2) is 60.7 Å². The van der Waals surface area contributed by atoms with Gasteiger partial charge in [-0.2, -0.15) is 0 Å². The topological polar surface area (TPSA) is 72.5 Å². The van der Waals surface area contributed by atoms with Gasteiger partial charge in [-0.25, -0.2) is 4.79 Å². The molecule has 0 saturated carbocycles. The lowest BCUT2D eigenvalue weighted by atomic mass is 10.0. The first-order valence-electron chi connectivity index (χ1n) is 13.0. The van der Waals surface area contributed by atoms with E-state index in [2.05, 4.69) is 69.3 Å². The highest BCUT2D eigenvalue weighted by Crippen LogP contribution is 2.43. The molecule has 3 heterocycles. The molecule has 200 valence electrons. The summed E-state index contributed by atoms with van der Waals surface area (Å²) in [5.74, 6) is -2.17. The zero-order chi connectivity index (χ0) is 26.6. The molecule has 2 aromatic carbocycles. The Kier molecular flexibility index (Phi) is 6.66. The molecule has 0 N–H and O–H groups in total. The smallest absolute Gasteiger partial charge is 0.338 e. The molecular weight excluding hydrogens is 488 g/mol. The van der Waals surface area contributed by atoms with Crippen molar-refractivity contribution >= 4 is 24.7 Å². The molecule has 3 fully saturated rings. The summed E-state index contributed by atoms with van der Waals surface area (Å²) >= 11 is 0. The molecule has 0 radical (unpaired) electrons. The third kappa shape index (κ3) is 4.79. The molecular formula is C29H38O7Si. The number of rotatable bonds is 6. The number of carbonyl (C=O) groups excluding carboxylic acids is 1. The molecule has 2 aromatic rings. The molecule has 3 saturated heterocycles. The lowest BCUT2D eigenvalue weighted by Gasteiger charge is -2.43. The number of cyclic esters (lactones) is 1. The standard InChI is InChI=1S/C29H38O7Si/c1-27(2,3)37(19-14-10-8-11-15-19,20-16-12-9-13-17-20)31-18-21-22(34-28(4,5)33-21)23-24-25(26(30)32-23)36-29(6,7)35-24/h8-17,21-25H,18H2,1-7H3/t21-,22+,23-,24+,25+/m0/s1. The molecule has 0 spiro atoms. The van der Waals surface area contributed by atoms with Crippen molar-refractivity contribution < 1.29 is 32.9 Å². The van der Waals surface area contributed by atoms with Gasteiger partial charge in [0.15, 0.2) is 23.8 Å². The van der Waals surface area contributed by atoms with Crippen LogP contribution in [0.3, 0.4) is 0 Å². The summed E-state index contributed by atoms with van der Waals surface area (Å²) < 4.78 is 37.5. The van der Waals surface area contributed by atoms with E-state index >= 15 is 0 Å². The van der Waals surface area contributed by atoms with Crippen LogP contribution >= 0.6 is 0 Å². The van der Waals surface area contributed by atoms with Crippen LogP contribution in [0.4, 0.5) is 0 Å². The molecule has 0 amide bonds. The first kappa shape index (κ1) is 26.5. The zero-order valence-electron chi connectivity index (χ0n) is 22.7. The highest BCUT2D eigenvalue weighted by Gasteiger charge is 2.62. The van der Waals surface area contributed by atoms with Crippen LogP contribution in [-0.2, 0) is 32.9 Å². The third-order valence-corrected chi connectivity index (χ3v) is 12.4. The van der Waals surface area contributed by atoms with Crippen LogP contribution in [0.2, 0.25) is 5.04 Å². The first-order valence-corrected chi connectivity index (χ1v) is 14.9. The number of hydrogen-bond acceptors (Lipinski definition) is 7. The Morgan fingerprint density at radius 1 is 0.757 bits per heavy atom. The molecule has 3 aliphatic rings. The van der Waals surface area contributed by atoms with Gasteiger partial charge >= 0.3 is 5.97 Å². The van der Waals surface area contributed by atoms with E-state index in [-0.39, 0.29) is 11.6 Å². The highest BCUT2D eigenvalue weighted by atomic mass is 28.4. The Bertz CT molecular complexity index is 1070. The largest absolute Gasteiger partial charge is 0.455 e. The van der Waals surface area contributed by atoms with Gasteiger partial charge in [-0.15, -0.1) is 0 Å². The third-order valence-electron chi connectivity index (χ3n) is 7.36. The van der Waals surface area contributed by atoms with Crippen LogP contribution in [-0.4, -0.2) is 63.0 Å². The second-order valence-electron chi connectivity index (χ2n) is 12.0. The van der Waals surface area contributed by atoms with Crippen molar-refractivity contribution in [3.63, 3.8) is 0 Å². The van der Waals surface area contributed by atoms with E-state index < -0.39 is 56.4 Å². The molecule has 5 rings (SSSR count). The minimum atomic E-state index is -2.79. The molecule has 8 heteroatoms. The van der Waals surface area contributed by atoms with E-state index in [1.54, 1.807) is 13.8 Å². The Morgan fingerprint density at radius 2 is 1.27 bits per heavy atom. The van der Waals surface area contributed by atoms with Crippen molar-refractivity contribution in [2.45, 2.75) is 95.6 Å². The number of ether oxygens (including phenoxy) is 5. The summed E-state index contributed by atoms with van der Waals surface area (Å²) in [7, 11) is -2.79. The monoisotopic (exact) mass is 526 g/mol. The van der Waals surface area contributed by atoms with Crippen LogP contribution < -0.4 is 10.4 Å². The van der Waals surface area contributed by atoms with E-state index in [1.807, 2.05) is 26.0 Å². The Balaban J connectivity index is 1.48. The maximum Gasteiger partial charge on any atom is 0.338 e. The minimum Gasteiger partial charge on any atom is -0.455 e. The Morgan fingerprint density at radius 3 is 1.81 bits per heavy atom. The van der Waals surface area contributed by atoms with Crippen LogP contribution in [0, 0.1) is 0 Å². The van der Waals surface area contributed by atoms with Crippen LogP contribution in [0.1, 0.15) is 48.5 Å². The molecule has 3 aliphatic heterocycles. The van der Waals surface area contributed by atoms with Crippen molar-refractivity contribution in [2.24, 2.45) is 0 Å². The molecule has 5 atom stereocenters. The van der Waals surface area contributed by atoms with Crippen molar-refractivity contribution in [3.8, 4) is 0 Å². The van der Waals surface area contributed by atoms with Gasteiger partial charge in [0, 0.05) is 0 Å². The fourth-order valence-corrected chi connectivity index (χ4v) is 10.5. The molecule has 0 aromatic heterocycles. The van der Waals surface area contributed by atoms with E-state index in [0.29, 0.717) is 0 Å². The fourth-order valence-electron chi connectivity index (χ4n) is 5.97. The van der Waals surface area contributed by atoms with Gasteiger partial charge in [0.25, 0.3) is 8.32 Å². The van der Waals surface area contributed by atoms with E-state index in [9.17, 15) is 4.79 Å². The van der Waals surface area contributed by atoms with Crippen molar-refractivity contribution in [1.82, 2.24) is 0 Å². The molecule has 0 aliphatic carbocycles. The van der Waals surface area contributed by atoms with Crippen molar-refractivity contribution in [1.29, 1.82) is 0 Å². The second kappa shape index (κ2) is 9.29.